The molecule has 0 aliphatic heterocycles. The fourth-order valence-electron chi connectivity index (χ4n) is 1.40. The molecule has 1 rings (SSSR count). The summed E-state index contributed by atoms with van der Waals surface area (Å²) in [4.78, 5) is 22.2. The van der Waals surface area contributed by atoms with E-state index < -0.39 is 35.5 Å². The molecular weight excluding hydrogens is 331 g/mol. The zero-order valence-electron chi connectivity index (χ0n) is 11.1. The number of nitro groups is 1. The molecule has 1 atom stereocenters. The van der Waals surface area contributed by atoms with Crippen LogP contribution in [-0.4, -0.2) is 46.8 Å². The number of aliphatic hydroxyl groups excluding tert-OH is 1. The number of amides is 2. The molecule has 1 unspecified atom stereocenters. The molecule has 0 saturated carbocycles. The maximum Gasteiger partial charge on any atom is 0.416 e. The summed E-state index contributed by atoms with van der Waals surface area (Å²) in [7, 11) is 1.04. The van der Waals surface area contributed by atoms with Crippen LogP contribution < -0.4 is 5.32 Å². The SMILES string of the molecule is CN(CC(O)C(F)(F)F)C(=O)Nc1ccc(Cl)c([N+](=O)[O-])c1. The standard InChI is InChI=1S/C11H11ClF3N3O4/c1-17(5-9(19)11(13,14)15)10(20)16-6-2-3-7(12)8(4-6)18(21)22/h2-4,9,19H,5H2,1H3,(H,16,20). The fraction of sp³-hybridized carbons (Fsp3) is 0.364. The van der Waals surface area contributed by atoms with Crippen LogP contribution in [0, 0.1) is 10.1 Å². The van der Waals surface area contributed by atoms with E-state index in [0.29, 0.717) is 4.90 Å². The molecule has 1 aromatic rings. The molecule has 0 saturated heterocycles. The van der Waals surface area contributed by atoms with Gasteiger partial charge in [-0.25, -0.2) is 4.79 Å². The lowest BCUT2D eigenvalue weighted by Crippen LogP contribution is -2.43. The molecule has 0 radical (unpaired) electrons. The van der Waals surface area contributed by atoms with Gasteiger partial charge >= 0.3 is 12.2 Å². The van der Waals surface area contributed by atoms with Crippen molar-refractivity contribution >= 4 is 29.0 Å². The summed E-state index contributed by atoms with van der Waals surface area (Å²) in [6.07, 6.45) is -7.55. The number of rotatable bonds is 4. The lowest BCUT2D eigenvalue weighted by Gasteiger charge is -2.22. The first kappa shape index (κ1) is 18.0. The monoisotopic (exact) mass is 341 g/mol. The van der Waals surface area contributed by atoms with Crippen molar-refractivity contribution < 1.29 is 28.0 Å². The Labute approximate surface area is 127 Å². The molecule has 0 aliphatic rings. The Bertz CT molecular complexity index is 582. The van der Waals surface area contributed by atoms with Gasteiger partial charge in [0.15, 0.2) is 6.10 Å². The highest BCUT2D eigenvalue weighted by molar-refractivity contribution is 6.32. The number of anilines is 1. The summed E-state index contributed by atoms with van der Waals surface area (Å²) in [5.41, 5.74) is -0.480. The molecule has 0 fully saturated rings. The number of carbonyl (C=O) groups is 1. The minimum Gasteiger partial charge on any atom is -0.382 e. The van der Waals surface area contributed by atoms with E-state index in [1.807, 2.05) is 0 Å². The topological polar surface area (TPSA) is 95.7 Å². The highest BCUT2D eigenvalue weighted by Crippen LogP contribution is 2.27. The number of halogens is 4. The molecule has 0 bridgehead atoms. The van der Waals surface area contributed by atoms with E-state index in [2.05, 4.69) is 5.32 Å². The number of aliphatic hydroxyl groups is 1. The van der Waals surface area contributed by atoms with Gasteiger partial charge in [-0.1, -0.05) is 11.6 Å². The van der Waals surface area contributed by atoms with Crippen molar-refractivity contribution in [1.82, 2.24) is 4.90 Å². The fourth-order valence-corrected chi connectivity index (χ4v) is 1.58. The number of likely N-dealkylation sites (N-methyl/N-ethyl adjacent to an activating group) is 1. The van der Waals surface area contributed by atoms with Crippen LogP contribution >= 0.6 is 11.6 Å². The van der Waals surface area contributed by atoms with Gasteiger partial charge in [0.25, 0.3) is 5.69 Å². The maximum absolute atomic E-state index is 12.2. The lowest BCUT2D eigenvalue weighted by atomic mass is 10.3. The summed E-state index contributed by atoms with van der Waals surface area (Å²) in [5, 5.41) is 21.6. The Morgan fingerprint density at radius 3 is 2.64 bits per heavy atom. The van der Waals surface area contributed by atoms with E-state index >= 15 is 0 Å². The lowest BCUT2D eigenvalue weighted by molar-refractivity contribution is -0.384. The van der Waals surface area contributed by atoms with Gasteiger partial charge in [0, 0.05) is 18.8 Å². The first-order chi connectivity index (χ1) is 10.0. The van der Waals surface area contributed by atoms with Gasteiger partial charge in [-0.15, -0.1) is 0 Å². The minimum absolute atomic E-state index is 0.0190. The molecule has 122 valence electrons. The van der Waals surface area contributed by atoms with Gasteiger partial charge in [0.05, 0.1) is 11.5 Å². The van der Waals surface area contributed by atoms with Crippen LogP contribution in [0.5, 0.6) is 0 Å². The van der Waals surface area contributed by atoms with Crippen molar-refractivity contribution in [3.63, 3.8) is 0 Å². The molecule has 1 aromatic carbocycles. The Balaban J connectivity index is 2.76. The Hall–Kier alpha value is -2.07. The molecule has 0 spiro atoms. The summed E-state index contributed by atoms with van der Waals surface area (Å²) < 4.78 is 36.6. The molecule has 0 aliphatic carbocycles. The summed E-state index contributed by atoms with van der Waals surface area (Å²) >= 11 is 5.59. The van der Waals surface area contributed by atoms with Gasteiger partial charge in [-0.3, -0.25) is 10.1 Å². The van der Waals surface area contributed by atoms with Crippen LogP contribution in [0.2, 0.25) is 5.02 Å². The van der Waals surface area contributed by atoms with E-state index in [0.717, 1.165) is 13.1 Å². The quantitative estimate of drug-likeness (QED) is 0.650. The maximum atomic E-state index is 12.2. The van der Waals surface area contributed by atoms with Gasteiger partial charge in [-0.2, -0.15) is 13.2 Å². The number of carbonyl (C=O) groups excluding carboxylic acids is 1. The van der Waals surface area contributed by atoms with Crippen LogP contribution in [0.25, 0.3) is 0 Å². The van der Waals surface area contributed by atoms with Crippen molar-refractivity contribution in [2.24, 2.45) is 0 Å². The zero-order chi connectivity index (χ0) is 17.1. The average Bonchev–Trinajstić information content (AvgIpc) is 2.39. The van der Waals surface area contributed by atoms with Crippen LogP contribution in [0.15, 0.2) is 18.2 Å². The number of alkyl halides is 3. The third-order valence-electron chi connectivity index (χ3n) is 2.57. The highest BCUT2D eigenvalue weighted by atomic mass is 35.5. The molecule has 7 nitrogen and oxygen atoms in total. The number of urea groups is 1. The van der Waals surface area contributed by atoms with Gasteiger partial charge in [-0.05, 0) is 12.1 Å². The number of nitro benzene ring substituents is 1. The predicted molar refractivity (Wildman–Crippen MR) is 71.8 cm³/mol. The second-order valence-corrected chi connectivity index (χ2v) is 4.70. The number of benzene rings is 1. The van der Waals surface area contributed by atoms with Crippen molar-refractivity contribution in [2.45, 2.75) is 12.3 Å². The zero-order valence-corrected chi connectivity index (χ0v) is 11.9. The third-order valence-corrected chi connectivity index (χ3v) is 2.89. The third kappa shape index (κ3) is 4.74. The number of nitrogens with one attached hydrogen (secondary N) is 1. The van der Waals surface area contributed by atoms with Gasteiger partial charge in [0.1, 0.15) is 5.02 Å². The van der Waals surface area contributed by atoms with Crippen LogP contribution in [0.4, 0.5) is 29.3 Å². The van der Waals surface area contributed by atoms with Crippen LogP contribution in [-0.2, 0) is 0 Å². The number of nitrogens with zero attached hydrogens (tertiary/aromatic N) is 2. The average molecular weight is 342 g/mol. The van der Waals surface area contributed by atoms with E-state index in [-0.39, 0.29) is 10.7 Å². The summed E-state index contributed by atoms with van der Waals surface area (Å²) in [6, 6.07) is 2.41. The number of hydrogen-bond acceptors (Lipinski definition) is 4. The van der Waals surface area contributed by atoms with E-state index in [1.54, 1.807) is 0 Å². The first-order valence-corrected chi connectivity index (χ1v) is 6.11. The van der Waals surface area contributed by atoms with Crippen LogP contribution in [0.3, 0.4) is 0 Å². The molecule has 11 heteroatoms. The van der Waals surface area contributed by atoms with Gasteiger partial charge < -0.3 is 15.3 Å². The number of hydrogen-bond donors (Lipinski definition) is 2. The summed E-state index contributed by atoms with van der Waals surface area (Å²) in [5.74, 6) is 0. The molecule has 2 N–H and O–H groups in total. The predicted octanol–water partition coefficient (Wildman–Crippen LogP) is 2.64. The van der Waals surface area contributed by atoms with Crippen LogP contribution in [0.1, 0.15) is 0 Å². The molecular formula is C11H11ClF3N3O4. The van der Waals surface area contributed by atoms with Crippen molar-refractivity contribution in [2.75, 3.05) is 18.9 Å². The van der Waals surface area contributed by atoms with E-state index in [4.69, 9.17) is 16.7 Å². The van der Waals surface area contributed by atoms with Gasteiger partial charge in [0.2, 0.25) is 0 Å². The largest absolute Gasteiger partial charge is 0.416 e. The second kappa shape index (κ2) is 6.79. The normalized spacial score (nSPS) is 12.6. The molecule has 22 heavy (non-hydrogen) atoms. The smallest absolute Gasteiger partial charge is 0.382 e. The molecule has 0 heterocycles. The molecule has 2 amide bonds. The first-order valence-electron chi connectivity index (χ1n) is 5.73. The van der Waals surface area contributed by atoms with Crippen molar-refractivity contribution in [1.29, 1.82) is 0 Å². The summed E-state index contributed by atoms with van der Waals surface area (Å²) in [6.45, 7) is -0.981. The highest BCUT2D eigenvalue weighted by Gasteiger charge is 2.39. The Morgan fingerprint density at radius 2 is 2.14 bits per heavy atom. The van der Waals surface area contributed by atoms with E-state index in [1.165, 1.54) is 12.1 Å². The van der Waals surface area contributed by atoms with Crippen molar-refractivity contribution in [3.8, 4) is 0 Å². The van der Waals surface area contributed by atoms with Crippen molar-refractivity contribution in [3.05, 3.63) is 33.3 Å². The second-order valence-electron chi connectivity index (χ2n) is 4.29. The van der Waals surface area contributed by atoms with E-state index in [9.17, 15) is 28.1 Å². The minimum atomic E-state index is -4.85. The molecule has 0 aromatic heterocycles. The Kier molecular flexibility index (Phi) is 5.55. The Morgan fingerprint density at radius 1 is 1.55 bits per heavy atom.